The Balaban J connectivity index is 2.20. The zero-order valence-electron chi connectivity index (χ0n) is 10.4. The molecule has 0 spiro atoms. The molecule has 2 heterocycles. The van der Waals surface area contributed by atoms with E-state index in [0.717, 1.165) is 34.4 Å². The first-order valence-corrected chi connectivity index (χ1v) is 6.80. The summed E-state index contributed by atoms with van der Waals surface area (Å²) in [5, 5.41) is 3.15. The van der Waals surface area contributed by atoms with Crippen molar-refractivity contribution in [2.45, 2.75) is 13.3 Å². The van der Waals surface area contributed by atoms with Crippen LogP contribution in [0.3, 0.4) is 0 Å². The Kier molecular flexibility index (Phi) is 2.87. The molecule has 2 N–H and O–H groups in total. The first kappa shape index (κ1) is 11.7. The number of fused-ring (bicyclic) bond motifs is 3. The molecule has 5 heteroatoms. The molecule has 3 rings (SSSR count). The van der Waals surface area contributed by atoms with Gasteiger partial charge < -0.3 is 10.3 Å². The van der Waals surface area contributed by atoms with Gasteiger partial charge in [0.1, 0.15) is 4.60 Å². The smallest absolute Gasteiger partial charge is 0.213 e. The van der Waals surface area contributed by atoms with Crippen LogP contribution in [-0.2, 0) is 6.42 Å². The average molecular weight is 307 g/mol. The maximum Gasteiger partial charge on any atom is 0.213 e. The molecule has 3 aromatic rings. The fraction of sp³-hybridized carbons (Fsp3) is 0.308. The third-order valence-electron chi connectivity index (χ3n) is 3.14. The van der Waals surface area contributed by atoms with E-state index in [-0.39, 0.29) is 0 Å². The van der Waals surface area contributed by atoms with Gasteiger partial charge in [-0.3, -0.25) is 4.40 Å². The van der Waals surface area contributed by atoms with Crippen LogP contribution in [0, 0.1) is 6.92 Å². The van der Waals surface area contributed by atoms with E-state index < -0.39 is 0 Å². The minimum Gasteiger partial charge on any atom is -0.326 e. The highest BCUT2D eigenvalue weighted by atomic mass is 79.9. The molecule has 0 atom stereocenters. The first-order chi connectivity index (χ1) is 8.70. The van der Waals surface area contributed by atoms with Gasteiger partial charge >= 0.3 is 0 Å². The Morgan fingerprint density at radius 1 is 1.44 bits per heavy atom. The number of nitrogens with one attached hydrogen (secondary N) is 2. The summed E-state index contributed by atoms with van der Waals surface area (Å²) in [6.07, 6.45) is 0.952. The average Bonchev–Trinajstić information content (AvgIpc) is 2.83. The molecule has 0 bridgehead atoms. The van der Waals surface area contributed by atoms with Crippen molar-refractivity contribution in [1.29, 1.82) is 0 Å². The van der Waals surface area contributed by atoms with Crippen LogP contribution in [0.25, 0.3) is 16.8 Å². The molecule has 0 saturated carbocycles. The molecule has 0 amide bonds. The number of nitrogens with zero attached hydrogens (tertiary/aromatic N) is 2. The molecule has 1 aromatic carbocycles. The second-order valence-electron chi connectivity index (χ2n) is 4.51. The van der Waals surface area contributed by atoms with Gasteiger partial charge in [0.05, 0.1) is 16.7 Å². The van der Waals surface area contributed by atoms with E-state index >= 15 is 0 Å². The highest BCUT2D eigenvalue weighted by Crippen LogP contribution is 2.25. The maximum absolute atomic E-state index is 4.62. The van der Waals surface area contributed by atoms with Gasteiger partial charge in [-0.15, -0.1) is 0 Å². The molecule has 0 radical (unpaired) electrons. The number of likely N-dealkylation sites (N-methyl/N-ethyl adjacent to an activating group) is 1. The number of halogens is 1. The summed E-state index contributed by atoms with van der Waals surface area (Å²) in [6.45, 7) is 3.03. The van der Waals surface area contributed by atoms with Crippen LogP contribution >= 0.6 is 15.9 Å². The Bertz CT molecular complexity index is 710. The second-order valence-corrected chi connectivity index (χ2v) is 5.26. The summed E-state index contributed by atoms with van der Waals surface area (Å²) >= 11 is 3.66. The molecular formula is C13H15BrN4. The van der Waals surface area contributed by atoms with Crippen LogP contribution in [0.4, 0.5) is 0 Å². The van der Waals surface area contributed by atoms with Crippen LogP contribution in [0.2, 0.25) is 0 Å². The predicted octanol–water partition coefficient (Wildman–Crippen LogP) is 2.65. The lowest BCUT2D eigenvalue weighted by molar-refractivity contribution is 0.777. The normalized spacial score (nSPS) is 11.7. The number of aromatic nitrogens is 3. The molecule has 0 saturated heterocycles. The van der Waals surface area contributed by atoms with E-state index in [2.05, 4.69) is 60.7 Å². The van der Waals surface area contributed by atoms with Crippen molar-refractivity contribution >= 4 is 32.7 Å². The highest BCUT2D eigenvalue weighted by molar-refractivity contribution is 9.10. The van der Waals surface area contributed by atoms with E-state index in [1.54, 1.807) is 0 Å². The summed E-state index contributed by atoms with van der Waals surface area (Å²) in [6, 6.07) is 6.34. The van der Waals surface area contributed by atoms with E-state index in [9.17, 15) is 0 Å². The zero-order valence-corrected chi connectivity index (χ0v) is 12.0. The van der Waals surface area contributed by atoms with Gasteiger partial charge in [-0.25, -0.2) is 4.98 Å². The minimum atomic E-state index is 0.897. The summed E-state index contributed by atoms with van der Waals surface area (Å²) < 4.78 is 3.19. The largest absolute Gasteiger partial charge is 0.326 e. The Morgan fingerprint density at radius 3 is 3.06 bits per heavy atom. The highest BCUT2D eigenvalue weighted by Gasteiger charge is 2.13. The number of rotatable bonds is 3. The fourth-order valence-electron chi connectivity index (χ4n) is 2.21. The minimum absolute atomic E-state index is 0.897. The second kappa shape index (κ2) is 4.40. The predicted molar refractivity (Wildman–Crippen MR) is 77.1 cm³/mol. The molecule has 4 nitrogen and oxygen atoms in total. The number of aromatic amines is 1. The summed E-state index contributed by atoms with van der Waals surface area (Å²) in [5.74, 6) is 0.897. The number of aryl methyl sites for hydroxylation is 1. The van der Waals surface area contributed by atoms with Crippen LogP contribution in [0.15, 0.2) is 22.8 Å². The third kappa shape index (κ3) is 1.74. The van der Waals surface area contributed by atoms with Crippen LogP contribution < -0.4 is 5.32 Å². The number of hydrogen-bond donors (Lipinski definition) is 2. The van der Waals surface area contributed by atoms with Gasteiger partial charge in [-0.1, -0.05) is 6.07 Å². The first-order valence-electron chi connectivity index (χ1n) is 6.00. The van der Waals surface area contributed by atoms with Crippen LogP contribution in [0.1, 0.15) is 11.3 Å². The number of imidazole rings is 2. The molecule has 0 unspecified atom stereocenters. The van der Waals surface area contributed by atoms with E-state index in [1.165, 1.54) is 11.3 Å². The Labute approximate surface area is 114 Å². The number of hydrogen-bond acceptors (Lipinski definition) is 2. The molecule has 0 aliphatic carbocycles. The molecule has 0 fully saturated rings. The van der Waals surface area contributed by atoms with Gasteiger partial charge in [-0.05, 0) is 47.6 Å². The number of H-pyrrole nitrogens is 1. The van der Waals surface area contributed by atoms with Crippen molar-refractivity contribution in [1.82, 2.24) is 19.7 Å². The summed E-state index contributed by atoms with van der Waals surface area (Å²) in [4.78, 5) is 8.00. The summed E-state index contributed by atoms with van der Waals surface area (Å²) in [5.41, 5.74) is 4.57. The van der Waals surface area contributed by atoms with Gasteiger partial charge in [-0.2, -0.15) is 0 Å². The van der Waals surface area contributed by atoms with Gasteiger partial charge in [0, 0.05) is 13.0 Å². The Morgan fingerprint density at radius 2 is 2.28 bits per heavy atom. The lowest BCUT2D eigenvalue weighted by Gasteiger charge is -1.99. The van der Waals surface area contributed by atoms with Gasteiger partial charge in [0.2, 0.25) is 5.78 Å². The lowest BCUT2D eigenvalue weighted by Crippen LogP contribution is -2.10. The standard InChI is InChI=1S/C13H15BrN4/c1-8-3-4-11-10(7-8)17-13-16-9(5-6-15-2)12(14)18(11)13/h3-4,7,15H,5-6H2,1-2H3,(H,16,17). The molecule has 94 valence electrons. The van der Waals surface area contributed by atoms with Gasteiger partial charge in [0.15, 0.2) is 0 Å². The monoisotopic (exact) mass is 306 g/mol. The molecule has 0 aliphatic rings. The van der Waals surface area contributed by atoms with E-state index in [1.807, 2.05) is 7.05 Å². The maximum atomic E-state index is 4.62. The van der Waals surface area contributed by atoms with Crippen LogP contribution in [-0.4, -0.2) is 28.0 Å². The van der Waals surface area contributed by atoms with Crippen molar-refractivity contribution in [2.24, 2.45) is 0 Å². The van der Waals surface area contributed by atoms with Crippen LogP contribution in [0.5, 0.6) is 0 Å². The van der Waals surface area contributed by atoms with Gasteiger partial charge in [0.25, 0.3) is 0 Å². The third-order valence-corrected chi connectivity index (χ3v) is 3.98. The van der Waals surface area contributed by atoms with Crippen molar-refractivity contribution in [3.05, 3.63) is 34.1 Å². The molecule has 0 aliphatic heterocycles. The van der Waals surface area contributed by atoms with E-state index in [0.29, 0.717) is 0 Å². The van der Waals surface area contributed by atoms with Crippen molar-refractivity contribution in [3.63, 3.8) is 0 Å². The van der Waals surface area contributed by atoms with Crippen molar-refractivity contribution in [2.75, 3.05) is 13.6 Å². The molecule has 18 heavy (non-hydrogen) atoms. The number of benzene rings is 1. The molecular weight excluding hydrogens is 292 g/mol. The zero-order chi connectivity index (χ0) is 12.7. The topological polar surface area (TPSA) is 45.1 Å². The summed E-state index contributed by atoms with van der Waals surface area (Å²) in [7, 11) is 1.96. The molecule has 2 aromatic heterocycles. The van der Waals surface area contributed by atoms with Crippen molar-refractivity contribution < 1.29 is 0 Å². The lowest BCUT2D eigenvalue weighted by atomic mass is 10.2. The quantitative estimate of drug-likeness (QED) is 0.781. The Hall–Kier alpha value is -1.33. The van der Waals surface area contributed by atoms with Crippen molar-refractivity contribution in [3.8, 4) is 0 Å². The van der Waals surface area contributed by atoms with E-state index in [4.69, 9.17) is 0 Å². The SMILES string of the molecule is CNCCc1[nH]c2nc3cc(C)ccc3n2c1Br. The fourth-order valence-corrected chi connectivity index (χ4v) is 2.87.